The van der Waals surface area contributed by atoms with Crippen LogP contribution in [0, 0.1) is 0 Å². The molecular formula is C16H14N4O. The van der Waals surface area contributed by atoms with Crippen LogP contribution in [0.25, 0.3) is 10.9 Å². The van der Waals surface area contributed by atoms with Gasteiger partial charge in [-0.2, -0.15) is 5.10 Å². The largest absolute Gasteiger partial charge is 0.350 e. The van der Waals surface area contributed by atoms with Gasteiger partial charge >= 0.3 is 0 Å². The molecule has 5 nitrogen and oxygen atoms in total. The van der Waals surface area contributed by atoms with Gasteiger partial charge in [0.15, 0.2) is 0 Å². The van der Waals surface area contributed by atoms with Crippen molar-refractivity contribution in [3.05, 3.63) is 66.1 Å². The lowest BCUT2D eigenvalue weighted by molar-refractivity contribution is 0.0955. The number of hydrogen-bond donors (Lipinski definition) is 1. The monoisotopic (exact) mass is 278 g/mol. The molecule has 1 N–H and O–H groups in total. The van der Waals surface area contributed by atoms with Crippen molar-refractivity contribution < 1.29 is 4.79 Å². The normalized spacial score (nSPS) is 11.1. The molecule has 2 aromatic heterocycles. The first kappa shape index (κ1) is 13.1. The van der Waals surface area contributed by atoms with E-state index >= 15 is 0 Å². The van der Waals surface area contributed by atoms with E-state index in [4.69, 9.17) is 0 Å². The number of para-hydroxylation sites is 1. The first-order chi connectivity index (χ1) is 10.3. The summed E-state index contributed by atoms with van der Waals surface area (Å²) in [6.07, 6.45) is 6.75. The van der Waals surface area contributed by atoms with Crippen molar-refractivity contribution in [1.29, 1.82) is 0 Å². The Kier molecular flexibility index (Phi) is 3.47. The Morgan fingerprint density at radius 3 is 2.95 bits per heavy atom. The van der Waals surface area contributed by atoms with Gasteiger partial charge < -0.3 is 4.57 Å². The van der Waals surface area contributed by atoms with Gasteiger partial charge in [-0.15, -0.1) is 0 Å². The minimum absolute atomic E-state index is 0.278. The quantitative estimate of drug-likeness (QED) is 0.590. The number of hydrogen-bond acceptors (Lipinski definition) is 3. The third-order valence-electron chi connectivity index (χ3n) is 3.22. The second-order valence-electron chi connectivity index (χ2n) is 4.65. The Hall–Kier alpha value is -2.95. The highest BCUT2D eigenvalue weighted by molar-refractivity contribution is 6.00. The summed E-state index contributed by atoms with van der Waals surface area (Å²) in [5.74, 6) is -0.278. The van der Waals surface area contributed by atoms with Crippen molar-refractivity contribution in [1.82, 2.24) is 15.0 Å². The molecule has 0 spiro atoms. The summed E-state index contributed by atoms with van der Waals surface area (Å²) in [4.78, 5) is 15.7. The minimum atomic E-state index is -0.278. The first-order valence-electron chi connectivity index (χ1n) is 6.53. The molecule has 0 saturated heterocycles. The molecular weight excluding hydrogens is 264 g/mol. The fourth-order valence-corrected chi connectivity index (χ4v) is 2.20. The molecule has 0 bridgehead atoms. The van der Waals surface area contributed by atoms with Crippen LogP contribution in [0.5, 0.6) is 0 Å². The van der Waals surface area contributed by atoms with E-state index in [-0.39, 0.29) is 5.91 Å². The van der Waals surface area contributed by atoms with Gasteiger partial charge in [0.1, 0.15) is 0 Å². The zero-order valence-electron chi connectivity index (χ0n) is 11.5. The molecule has 104 valence electrons. The van der Waals surface area contributed by atoms with Crippen LogP contribution in [0.15, 0.2) is 60.1 Å². The number of rotatable bonds is 3. The number of benzene rings is 1. The Bertz CT molecular complexity index is 806. The third kappa shape index (κ3) is 2.67. The lowest BCUT2D eigenvalue weighted by atomic mass is 10.2. The Balaban J connectivity index is 1.78. The molecule has 0 aliphatic heterocycles. The second-order valence-corrected chi connectivity index (χ2v) is 4.65. The number of carbonyl (C=O) groups excluding carboxylic acids is 1. The number of aromatic nitrogens is 2. The van der Waals surface area contributed by atoms with Gasteiger partial charge in [-0.25, -0.2) is 5.43 Å². The van der Waals surface area contributed by atoms with E-state index in [1.54, 1.807) is 24.5 Å². The van der Waals surface area contributed by atoms with Gasteiger partial charge in [0.25, 0.3) is 5.91 Å². The molecule has 0 unspecified atom stereocenters. The molecule has 0 atom stereocenters. The zero-order valence-corrected chi connectivity index (χ0v) is 11.5. The van der Waals surface area contributed by atoms with Crippen LogP contribution >= 0.6 is 0 Å². The Labute approximate surface area is 121 Å². The van der Waals surface area contributed by atoms with E-state index in [0.717, 1.165) is 16.5 Å². The lowest BCUT2D eigenvalue weighted by Gasteiger charge is -1.97. The van der Waals surface area contributed by atoms with Gasteiger partial charge in [0.2, 0.25) is 0 Å². The number of nitrogens with zero attached hydrogens (tertiary/aromatic N) is 3. The van der Waals surface area contributed by atoms with Crippen LogP contribution in [0.2, 0.25) is 0 Å². The molecule has 0 aliphatic rings. The number of pyridine rings is 1. The molecule has 0 saturated carbocycles. The van der Waals surface area contributed by atoms with Gasteiger partial charge in [-0.05, 0) is 18.2 Å². The molecule has 21 heavy (non-hydrogen) atoms. The SMILES string of the molecule is Cn1cc(/C=N/NC(=O)c2cccnc2)c2ccccc21. The van der Waals surface area contributed by atoms with Crippen LogP contribution in [-0.4, -0.2) is 21.7 Å². The average molecular weight is 278 g/mol. The summed E-state index contributed by atoms with van der Waals surface area (Å²) in [5, 5.41) is 5.11. The predicted octanol–water partition coefficient (Wildman–Crippen LogP) is 2.34. The summed E-state index contributed by atoms with van der Waals surface area (Å²) in [7, 11) is 1.98. The number of amides is 1. The number of nitrogens with one attached hydrogen (secondary N) is 1. The highest BCUT2D eigenvalue weighted by Crippen LogP contribution is 2.18. The van der Waals surface area contributed by atoms with Crippen LogP contribution < -0.4 is 5.43 Å². The van der Waals surface area contributed by atoms with Crippen LogP contribution in [0.3, 0.4) is 0 Å². The number of aryl methyl sites for hydroxylation is 1. The predicted molar refractivity (Wildman–Crippen MR) is 82.2 cm³/mol. The van der Waals surface area contributed by atoms with Crippen molar-refractivity contribution in [3.8, 4) is 0 Å². The summed E-state index contributed by atoms with van der Waals surface area (Å²) in [6, 6.07) is 11.4. The molecule has 0 fully saturated rings. The van der Waals surface area contributed by atoms with Gasteiger partial charge in [0.05, 0.1) is 11.8 Å². The molecule has 1 amide bonds. The van der Waals surface area contributed by atoms with Crippen LogP contribution in [0.4, 0.5) is 0 Å². The number of fused-ring (bicyclic) bond motifs is 1. The highest BCUT2D eigenvalue weighted by Gasteiger charge is 2.05. The van der Waals surface area contributed by atoms with Crippen molar-refractivity contribution in [2.75, 3.05) is 0 Å². The summed E-state index contributed by atoms with van der Waals surface area (Å²) in [6.45, 7) is 0. The molecule has 5 heteroatoms. The van der Waals surface area contributed by atoms with Gasteiger partial charge in [-0.1, -0.05) is 18.2 Å². The molecule has 3 aromatic rings. The second kappa shape index (κ2) is 5.58. The van der Waals surface area contributed by atoms with Crippen molar-refractivity contribution in [2.24, 2.45) is 12.1 Å². The summed E-state index contributed by atoms with van der Waals surface area (Å²) >= 11 is 0. The maximum Gasteiger partial charge on any atom is 0.272 e. The number of carbonyl (C=O) groups is 1. The van der Waals surface area contributed by atoms with Crippen molar-refractivity contribution >= 4 is 23.0 Å². The molecule has 3 rings (SSSR count). The summed E-state index contributed by atoms with van der Waals surface area (Å²) in [5.41, 5.74) is 5.06. The standard InChI is InChI=1S/C16H14N4O/c1-20-11-13(14-6-2-3-7-15(14)20)10-18-19-16(21)12-5-4-8-17-9-12/h2-11H,1H3,(H,19,21)/b18-10+. The third-order valence-corrected chi connectivity index (χ3v) is 3.22. The van der Waals surface area contributed by atoms with E-state index in [1.165, 1.54) is 6.20 Å². The molecule has 1 aromatic carbocycles. The van der Waals surface area contributed by atoms with Crippen molar-refractivity contribution in [2.45, 2.75) is 0 Å². The molecule has 0 radical (unpaired) electrons. The number of hydrazone groups is 1. The van der Waals surface area contributed by atoms with Crippen LogP contribution in [0.1, 0.15) is 15.9 Å². The van der Waals surface area contributed by atoms with Gasteiger partial charge in [-0.3, -0.25) is 9.78 Å². The maximum atomic E-state index is 11.8. The topological polar surface area (TPSA) is 59.3 Å². The first-order valence-corrected chi connectivity index (χ1v) is 6.53. The summed E-state index contributed by atoms with van der Waals surface area (Å²) < 4.78 is 2.03. The van der Waals surface area contributed by atoms with Crippen molar-refractivity contribution in [3.63, 3.8) is 0 Å². The van der Waals surface area contributed by atoms with E-state index in [0.29, 0.717) is 5.56 Å². The maximum absolute atomic E-state index is 11.8. The highest BCUT2D eigenvalue weighted by atomic mass is 16.2. The molecule has 0 aliphatic carbocycles. The van der Waals surface area contributed by atoms with E-state index < -0.39 is 0 Å². The Morgan fingerprint density at radius 2 is 2.14 bits per heavy atom. The lowest BCUT2D eigenvalue weighted by Crippen LogP contribution is -2.17. The van der Waals surface area contributed by atoms with Gasteiger partial charge in [0, 0.05) is 42.1 Å². The molecule has 2 heterocycles. The van der Waals surface area contributed by atoms with E-state index in [2.05, 4.69) is 15.5 Å². The smallest absolute Gasteiger partial charge is 0.272 e. The average Bonchev–Trinajstić information content (AvgIpc) is 2.85. The van der Waals surface area contributed by atoms with E-state index in [1.807, 2.05) is 42.1 Å². The zero-order chi connectivity index (χ0) is 14.7. The van der Waals surface area contributed by atoms with Crippen LogP contribution in [-0.2, 0) is 7.05 Å². The minimum Gasteiger partial charge on any atom is -0.350 e. The Morgan fingerprint density at radius 1 is 1.29 bits per heavy atom. The van der Waals surface area contributed by atoms with E-state index in [9.17, 15) is 4.79 Å². The fourth-order valence-electron chi connectivity index (χ4n) is 2.20. The fraction of sp³-hybridized carbons (Fsp3) is 0.0625.